The smallest absolute Gasteiger partial charge is 0.0342 e. The van der Waals surface area contributed by atoms with Crippen LogP contribution in [0, 0.1) is 11.3 Å². The molecule has 3 heteroatoms. The Labute approximate surface area is 118 Å². The molecule has 98 valence electrons. The fourth-order valence-electron chi connectivity index (χ4n) is 1.81. The molecule has 0 aromatic carbocycles. The van der Waals surface area contributed by atoms with Crippen LogP contribution < -0.4 is 5.32 Å². The summed E-state index contributed by atoms with van der Waals surface area (Å²) in [6.45, 7) is 12.5. The van der Waals surface area contributed by atoms with Crippen molar-refractivity contribution in [1.82, 2.24) is 5.32 Å². The molecule has 0 aliphatic carbocycles. The molecule has 1 nitrogen and oxygen atoms in total. The molecule has 0 aliphatic rings. The van der Waals surface area contributed by atoms with Crippen molar-refractivity contribution >= 4 is 27.3 Å². The van der Waals surface area contributed by atoms with Gasteiger partial charge in [0, 0.05) is 15.9 Å². The Morgan fingerprint density at radius 3 is 2.41 bits per heavy atom. The number of hydrogen-bond donors (Lipinski definition) is 1. The average Bonchev–Trinajstić information content (AvgIpc) is 2.62. The third kappa shape index (κ3) is 4.38. The van der Waals surface area contributed by atoms with Gasteiger partial charge in [-0.15, -0.1) is 0 Å². The minimum absolute atomic E-state index is 0.371. The van der Waals surface area contributed by atoms with Crippen molar-refractivity contribution in [2.45, 2.75) is 47.1 Å². The maximum absolute atomic E-state index is 3.65. The predicted molar refractivity (Wildman–Crippen MR) is 81.7 cm³/mol. The SMILES string of the molecule is CCNC(CC(C)C(C)(C)C)c1cscc1Br. The normalized spacial score (nSPS) is 15.9. The fourth-order valence-corrected chi connectivity index (χ4v) is 3.44. The van der Waals surface area contributed by atoms with Crippen LogP contribution >= 0.6 is 27.3 Å². The van der Waals surface area contributed by atoms with E-state index in [1.54, 1.807) is 11.3 Å². The molecule has 2 atom stereocenters. The third-order valence-electron chi connectivity index (χ3n) is 3.54. The minimum Gasteiger partial charge on any atom is -0.310 e. The molecule has 1 aromatic heterocycles. The maximum Gasteiger partial charge on any atom is 0.0342 e. The van der Waals surface area contributed by atoms with Crippen molar-refractivity contribution < 1.29 is 0 Å². The highest BCUT2D eigenvalue weighted by Gasteiger charge is 2.25. The molecule has 0 aliphatic heterocycles. The highest BCUT2D eigenvalue weighted by Crippen LogP contribution is 2.36. The van der Waals surface area contributed by atoms with E-state index < -0.39 is 0 Å². The zero-order valence-electron chi connectivity index (χ0n) is 11.5. The van der Waals surface area contributed by atoms with Gasteiger partial charge in [-0.1, -0.05) is 34.6 Å². The molecule has 1 heterocycles. The molecule has 0 spiro atoms. The lowest BCUT2D eigenvalue weighted by Crippen LogP contribution is -2.27. The van der Waals surface area contributed by atoms with E-state index in [4.69, 9.17) is 0 Å². The molecular formula is C14H24BrNS. The van der Waals surface area contributed by atoms with E-state index >= 15 is 0 Å². The van der Waals surface area contributed by atoms with Crippen LogP contribution in [0.25, 0.3) is 0 Å². The lowest BCUT2D eigenvalue weighted by atomic mass is 9.78. The molecule has 0 fully saturated rings. The largest absolute Gasteiger partial charge is 0.310 e. The summed E-state index contributed by atoms with van der Waals surface area (Å²) in [7, 11) is 0. The van der Waals surface area contributed by atoms with Crippen molar-refractivity contribution in [3.05, 3.63) is 20.8 Å². The monoisotopic (exact) mass is 317 g/mol. The maximum atomic E-state index is 3.65. The summed E-state index contributed by atoms with van der Waals surface area (Å²) in [6, 6.07) is 0.467. The van der Waals surface area contributed by atoms with Crippen molar-refractivity contribution in [1.29, 1.82) is 0 Å². The van der Waals surface area contributed by atoms with Crippen LogP contribution in [0.2, 0.25) is 0 Å². The van der Waals surface area contributed by atoms with E-state index in [0.717, 1.165) is 6.54 Å². The molecule has 0 saturated carbocycles. The Hall–Kier alpha value is 0.140. The standard InChI is InChI=1S/C14H24BrNS/c1-6-16-13(7-10(2)14(3,4)5)11-8-17-9-12(11)15/h8-10,13,16H,6-7H2,1-5H3. The van der Waals surface area contributed by atoms with Gasteiger partial charge in [-0.05, 0) is 51.2 Å². The van der Waals surface area contributed by atoms with Gasteiger partial charge >= 0.3 is 0 Å². The van der Waals surface area contributed by atoms with Crippen LogP contribution in [-0.4, -0.2) is 6.54 Å². The molecule has 1 aromatic rings. The van der Waals surface area contributed by atoms with E-state index in [0.29, 0.717) is 17.4 Å². The van der Waals surface area contributed by atoms with Gasteiger partial charge in [0.15, 0.2) is 0 Å². The van der Waals surface area contributed by atoms with Crippen molar-refractivity contribution in [2.24, 2.45) is 11.3 Å². The molecule has 17 heavy (non-hydrogen) atoms. The molecule has 0 saturated heterocycles. The number of hydrogen-bond acceptors (Lipinski definition) is 2. The molecule has 1 rings (SSSR count). The van der Waals surface area contributed by atoms with E-state index in [1.807, 2.05) is 0 Å². The first kappa shape index (κ1) is 15.2. The van der Waals surface area contributed by atoms with Crippen molar-refractivity contribution in [2.75, 3.05) is 6.54 Å². The minimum atomic E-state index is 0.371. The van der Waals surface area contributed by atoms with Gasteiger partial charge in [-0.3, -0.25) is 0 Å². The second-order valence-electron chi connectivity index (χ2n) is 5.79. The second kappa shape index (κ2) is 6.35. The Bertz CT molecular complexity index is 340. The van der Waals surface area contributed by atoms with Gasteiger partial charge in [0.25, 0.3) is 0 Å². The lowest BCUT2D eigenvalue weighted by molar-refractivity contribution is 0.224. The van der Waals surface area contributed by atoms with Crippen LogP contribution in [-0.2, 0) is 0 Å². The highest BCUT2D eigenvalue weighted by atomic mass is 79.9. The summed E-state index contributed by atoms with van der Waals surface area (Å²) in [6.07, 6.45) is 1.19. The first-order valence-corrected chi connectivity index (χ1v) is 8.04. The number of rotatable bonds is 5. The molecule has 0 amide bonds. The van der Waals surface area contributed by atoms with Crippen LogP contribution in [0.15, 0.2) is 15.2 Å². The van der Waals surface area contributed by atoms with Crippen LogP contribution in [0.4, 0.5) is 0 Å². The number of nitrogens with one attached hydrogen (secondary N) is 1. The lowest BCUT2D eigenvalue weighted by Gasteiger charge is -2.31. The van der Waals surface area contributed by atoms with Gasteiger partial charge in [-0.25, -0.2) is 0 Å². The number of thiophene rings is 1. The zero-order chi connectivity index (χ0) is 13.1. The Kier molecular flexibility index (Phi) is 5.68. The van der Waals surface area contributed by atoms with Gasteiger partial charge in [0.05, 0.1) is 0 Å². The summed E-state index contributed by atoms with van der Waals surface area (Å²) in [5, 5.41) is 8.03. The Balaban J connectivity index is 2.78. The van der Waals surface area contributed by atoms with Gasteiger partial charge in [0.2, 0.25) is 0 Å². The summed E-state index contributed by atoms with van der Waals surface area (Å²) in [4.78, 5) is 0. The molecule has 1 N–H and O–H groups in total. The predicted octanol–water partition coefficient (Wildman–Crippen LogP) is 5.23. The summed E-state index contributed by atoms with van der Waals surface area (Å²) in [5.74, 6) is 0.693. The van der Waals surface area contributed by atoms with Crippen LogP contribution in [0.3, 0.4) is 0 Å². The van der Waals surface area contributed by atoms with Gasteiger partial charge < -0.3 is 5.32 Å². The number of halogens is 1. The summed E-state index contributed by atoms with van der Waals surface area (Å²) >= 11 is 5.42. The van der Waals surface area contributed by atoms with E-state index in [9.17, 15) is 0 Å². The van der Waals surface area contributed by atoms with Gasteiger partial charge in [0.1, 0.15) is 0 Å². The van der Waals surface area contributed by atoms with E-state index in [1.165, 1.54) is 16.5 Å². The first-order chi connectivity index (χ1) is 7.86. The molecule has 0 radical (unpaired) electrons. The molecule has 0 bridgehead atoms. The fraction of sp³-hybridized carbons (Fsp3) is 0.714. The highest BCUT2D eigenvalue weighted by molar-refractivity contribution is 9.10. The second-order valence-corrected chi connectivity index (χ2v) is 7.39. The summed E-state index contributed by atoms with van der Waals surface area (Å²) < 4.78 is 1.24. The molecular weight excluding hydrogens is 294 g/mol. The van der Waals surface area contributed by atoms with Crippen LogP contribution in [0.5, 0.6) is 0 Å². The average molecular weight is 318 g/mol. The van der Waals surface area contributed by atoms with Crippen molar-refractivity contribution in [3.8, 4) is 0 Å². The van der Waals surface area contributed by atoms with E-state index in [2.05, 4.69) is 66.6 Å². The molecule has 2 unspecified atom stereocenters. The topological polar surface area (TPSA) is 12.0 Å². The van der Waals surface area contributed by atoms with Crippen LogP contribution in [0.1, 0.15) is 52.6 Å². The third-order valence-corrected chi connectivity index (χ3v) is 5.29. The Morgan fingerprint density at radius 2 is 2.00 bits per heavy atom. The zero-order valence-corrected chi connectivity index (χ0v) is 13.9. The van der Waals surface area contributed by atoms with Gasteiger partial charge in [-0.2, -0.15) is 11.3 Å². The van der Waals surface area contributed by atoms with Crippen molar-refractivity contribution in [3.63, 3.8) is 0 Å². The Morgan fingerprint density at radius 1 is 1.35 bits per heavy atom. The first-order valence-electron chi connectivity index (χ1n) is 6.31. The van der Waals surface area contributed by atoms with E-state index in [-0.39, 0.29) is 0 Å². The summed E-state index contributed by atoms with van der Waals surface area (Å²) in [5.41, 5.74) is 1.78. The quantitative estimate of drug-likeness (QED) is 0.783.